The first kappa shape index (κ1) is 8.80. The lowest BCUT2D eigenvalue weighted by Crippen LogP contribution is -2.11. The van der Waals surface area contributed by atoms with E-state index in [4.69, 9.17) is 5.73 Å². The minimum atomic E-state index is -0.748. The average Bonchev–Trinajstić information content (AvgIpc) is 2.03. The van der Waals surface area contributed by atoms with Gasteiger partial charge in [0.25, 0.3) is 0 Å². The highest BCUT2D eigenvalue weighted by molar-refractivity contribution is 5.15. The molecule has 0 aromatic carbocycles. The van der Waals surface area contributed by atoms with Crippen molar-refractivity contribution in [2.24, 2.45) is 5.73 Å². The predicted molar refractivity (Wildman–Crippen MR) is 41.3 cm³/mol. The fourth-order valence-electron chi connectivity index (χ4n) is 0.782. The number of pyridine rings is 1. The molecule has 1 rings (SSSR count). The SMILES string of the molecule is C=CC(N)c1ncc(F)cc1F. The van der Waals surface area contributed by atoms with Gasteiger partial charge in [-0.2, -0.15) is 0 Å². The van der Waals surface area contributed by atoms with Crippen LogP contribution in [0.3, 0.4) is 0 Å². The molecule has 1 unspecified atom stereocenters. The molecule has 0 bridgehead atoms. The quantitative estimate of drug-likeness (QED) is 0.684. The molecular formula is C8H8F2N2. The molecule has 2 N–H and O–H groups in total. The highest BCUT2D eigenvalue weighted by atomic mass is 19.1. The molecular weight excluding hydrogens is 162 g/mol. The van der Waals surface area contributed by atoms with Gasteiger partial charge < -0.3 is 5.73 Å². The van der Waals surface area contributed by atoms with Crippen molar-refractivity contribution in [3.8, 4) is 0 Å². The predicted octanol–water partition coefficient (Wildman–Crippen LogP) is 1.55. The summed E-state index contributed by atoms with van der Waals surface area (Å²) < 4.78 is 25.2. The van der Waals surface area contributed by atoms with Crippen LogP contribution in [-0.4, -0.2) is 4.98 Å². The van der Waals surface area contributed by atoms with E-state index in [1.54, 1.807) is 0 Å². The third-order valence-electron chi connectivity index (χ3n) is 1.41. The van der Waals surface area contributed by atoms with E-state index in [1.807, 2.05) is 0 Å². The van der Waals surface area contributed by atoms with Gasteiger partial charge in [0.1, 0.15) is 11.6 Å². The maximum absolute atomic E-state index is 12.9. The summed E-state index contributed by atoms with van der Waals surface area (Å²) >= 11 is 0. The van der Waals surface area contributed by atoms with Crippen LogP contribution in [0.2, 0.25) is 0 Å². The van der Waals surface area contributed by atoms with Crippen LogP contribution < -0.4 is 5.73 Å². The monoisotopic (exact) mass is 170 g/mol. The lowest BCUT2D eigenvalue weighted by Gasteiger charge is -2.05. The zero-order valence-electron chi connectivity index (χ0n) is 6.30. The molecule has 0 aliphatic heterocycles. The summed E-state index contributed by atoms with van der Waals surface area (Å²) in [7, 11) is 0. The van der Waals surface area contributed by atoms with Gasteiger partial charge >= 0.3 is 0 Å². The third-order valence-corrected chi connectivity index (χ3v) is 1.41. The zero-order chi connectivity index (χ0) is 9.14. The molecule has 0 fully saturated rings. The molecule has 0 aliphatic rings. The van der Waals surface area contributed by atoms with E-state index in [0.717, 1.165) is 12.3 Å². The Morgan fingerprint density at radius 1 is 1.58 bits per heavy atom. The van der Waals surface area contributed by atoms with Crippen molar-refractivity contribution >= 4 is 0 Å². The summed E-state index contributed by atoms with van der Waals surface area (Å²) in [5, 5.41) is 0. The second-order valence-electron chi connectivity index (χ2n) is 2.28. The van der Waals surface area contributed by atoms with Crippen molar-refractivity contribution in [3.63, 3.8) is 0 Å². The van der Waals surface area contributed by atoms with Crippen molar-refractivity contribution in [3.05, 3.63) is 42.2 Å². The molecule has 12 heavy (non-hydrogen) atoms. The van der Waals surface area contributed by atoms with E-state index < -0.39 is 17.7 Å². The Balaban J connectivity index is 3.09. The van der Waals surface area contributed by atoms with E-state index in [2.05, 4.69) is 11.6 Å². The van der Waals surface area contributed by atoms with Gasteiger partial charge in [0.15, 0.2) is 0 Å². The molecule has 0 aliphatic carbocycles. The van der Waals surface area contributed by atoms with Crippen molar-refractivity contribution in [1.82, 2.24) is 4.98 Å². The molecule has 0 saturated carbocycles. The first-order valence-corrected chi connectivity index (χ1v) is 3.34. The first-order valence-electron chi connectivity index (χ1n) is 3.34. The molecule has 0 radical (unpaired) electrons. The Bertz CT molecular complexity index is 299. The normalized spacial score (nSPS) is 12.6. The molecule has 1 aromatic rings. The Morgan fingerprint density at radius 2 is 2.25 bits per heavy atom. The number of hydrogen-bond acceptors (Lipinski definition) is 2. The third kappa shape index (κ3) is 1.65. The molecule has 2 nitrogen and oxygen atoms in total. The largest absolute Gasteiger partial charge is 0.319 e. The first-order chi connectivity index (χ1) is 5.65. The highest BCUT2D eigenvalue weighted by Crippen LogP contribution is 2.13. The summed E-state index contributed by atoms with van der Waals surface area (Å²) in [6, 6.07) is 0.0525. The van der Waals surface area contributed by atoms with Crippen LogP contribution >= 0.6 is 0 Å². The number of aromatic nitrogens is 1. The molecule has 0 amide bonds. The lowest BCUT2D eigenvalue weighted by atomic mass is 10.2. The molecule has 1 heterocycles. The number of nitrogens with zero attached hydrogens (tertiary/aromatic N) is 1. The fourth-order valence-corrected chi connectivity index (χ4v) is 0.782. The van der Waals surface area contributed by atoms with Gasteiger partial charge in [-0.15, -0.1) is 6.58 Å². The van der Waals surface area contributed by atoms with E-state index in [0.29, 0.717) is 0 Å². The number of halogens is 2. The van der Waals surface area contributed by atoms with Gasteiger partial charge in [-0.1, -0.05) is 6.08 Å². The van der Waals surface area contributed by atoms with Crippen LogP contribution in [0.15, 0.2) is 24.9 Å². The molecule has 1 aromatic heterocycles. The van der Waals surface area contributed by atoms with Gasteiger partial charge in [0.2, 0.25) is 0 Å². The summed E-state index contributed by atoms with van der Waals surface area (Å²) in [6.45, 7) is 3.38. The molecule has 64 valence electrons. The number of rotatable bonds is 2. The fraction of sp³-hybridized carbons (Fsp3) is 0.125. The number of nitrogens with two attached hydrogens (primary N) is 1. The summed E-state index contributed by atoms with van der Waals surface area (Å²) in [6.07, 6.45) is 2.26. The van der Waals surface area contributed by atoms with Crippen LogP contribution in [0.1, 0.15) is 11.7 Å². The van der Waals surface area contributed by atoms with Gasteiger partial charge in [0.05, 0.1) is 17.9 Å². The van der Waals surface area contributed by atoms with Crippen LogP contribution in [0.4, 0.5) is 8.78 Å². The molecule has 4 heteroatoms. The van der Waals surface area contributed by atoms with Crippen molar-refractivity contribution in [1.29, 1.82) is 0 Å². The van der Waals surface area contributed by atoms with Crippen molar-refractivity contribution in [2.75, 3.05) is 0 Å². The lowest BCUT2D eigenvalue weighted by molar-refractivity contribution is 0.552. The Morgan fingerprint density at radius 3 is 2.75 bits per heavy atom. The standard InChI is InChI=1S/C8H8F2N2/c1-2-7(11)8-6(10)3-5(9)4-12-8/h2-4,7H,1,11H2. The zero-order valence-corrected chi connectivity index (χ0v) is 6.30. The second kappa shape index (κ2) is 3.40. The maximum atomic E-state index is 12.9. The molecule has 0 spiro atoms. The van der Waals surface area contributed by atoms with Crippen LogP contribution in [-0.2, 0) is 0 Å². The minimum absolute atomic E-state index is 0.00593. The summed E-state index contributed by atoms with van der Waals surface area (Å²) in [5.41, 5.74) is 5.41. The van der Waals surface area contributed by atoms with Gasteiger partial charge in [-0.05, 0) is 0 Å². The highest BCUT2D eigenvalue weighted by Gasteiger charge is 2.09. The van der Waals surface area contributed by atoms with Gasteiger partial charge in [-0.25, -0.2) is 8.78 Å². The van der Waals surface area contributed by atoms with Gasteiger partial charge in [-0.3, -0.25) is 4.98 Å². The summed E-state index contributed by atoms with van der Waals surface area (Å²) in [5.74, 6) is -1.46. The smallest absolute Gasteiger partial charge is 0.149 e. The second-order valence-corrected chi connectivity index (χ2v) is 2.28. The van der Waals surface area contributed by atoms with Gasteiger partial charge in [0, 0.05) is 6.07 Å². The Kier molecular flexibility index (Phi) is 2.50. The summed E-state index contributed by atoms with van der Waals surface area (Å²) in [4.78, 5) is 3.50. The van der Waals surface area contributed by atoms with E-state index in [1.165, 1.54) is 6.08 Å². The topological polar surface area (TPSA) is 38.9 Å². The van der Waals surface area contributed by atoms with Crippen molar-refractivity contribution < 1.29 is 8.78 Å². The maximum Gasteiger partial charge on any atom is 0.149 e. The number of hydrogen-bond donors (Lipinski definition) is 1. The van der Waals surface area contributed by atoms with E-state index >= 15 is 0 Å². The van der Waals surface area contributed by atoms with Crippen LogP contribution in [0.5, 0.6) is 0 Å². The van der Waals surface area contributed by atoms with E-state index in [-0.39, 0.29) is 5.69 Å². The van der Waals surface area contributed by atoms with E-state index in [9.17, 15) is 8.78 Å². The average molecular weight is 170 g/mol. The Hall–Kier alpha value is -1.29. The Labute approximate surface area is 68.7 Å². The minimum Gasteiger partial charge on any atom is -0.319 e. The molecule has 0 saturated heterocycles. The van der Waals surface area contributed by atoms with Crippen LogP contribution in [0.25, 0.3) is 0 Å². The van der Waals surface area contributed by atoms with Crippen molar-refractivity contribution in [2.45, 2.75) is 6.04 Å². The van der Waals surface area contributed by atoms with Crippen LogP contribution in [0, 0.1) is 11.6 Å². The molecule has 1 atom stereocenters.